The van der Waals surface area contributed by atoms with Crippen LogP contribution in [0, 0.1) is 0 Å². The Bertz CT molecular complexity index is 881. The molecule has 2 unspecified atom stereocenters. The van der Waals surface area contributed by atoms with Gasteiger partial charge in [0.2, 0.25) is 0 Å². The largest absolute Gasteiger partial charge is 0.386 e. The molecule has 23 heavy (non-hydrogen) atoms. The highest BCUT2D eigenvalue weighted by atomic mass is 79.9. The molecule has 0 aliphatic carbocycles. The molecule has 0 fully saturated rings. The van der Waals surface area contributed by atoms with Crippen molar-refractivity contribution in [2.24, 2.45) is 0 Å². The third-order valence-electron chi connectivity index (χ3n) is 3.49. The summed E-state index contributed by atoms with van der Waals surface area (Å²) < 4.78 is 13.3. The van der Waals surface area contributed by atoms with Crippen molar-refractivity contribution in [1.82, 2.24) is 9.97 Å². The first-order valence-electron chi connectivity index (χ1n) is 6.87. The lowest BCUT2D eigenvalue weighted by atomic mass is 10.0. The van der Waals surface area contributed by atoms with Gasteiger partial charge in [0.25, 0.3) is 0 Å². The number of pyridine rings is 1. The SMILES string of the molecule is CS(=O)CC(O)c1[nH]c2cc(Br)cc(Br)c2c1-c1ccccn1. The molecular formula is C16H14Br2N2O2S. The number of fused-ring (bicyclic) bond motifs is 1. The minimum absolute atomic E-state index is 0.172. The van der Waals surface area contributed by atoms with Crippen LogP contribution < -0.4 is 0 Å². The van der Waals surface area contributed by atoms with Crippen molar-refractivity contribution in [2.75, 3.05) is 12.0 Å². The zero-order chi connectivity index (χ0) is 16.6. The van der Waals surface area contributed by atoms with E-state index in [2.05, 4.69) is 41.8 Å². The topological polar surface area (TPSA) is 66.0 Å². The predicted molar refractivity (Wildman–Crippen MR) is 101 cm³/mol. The Morgan fingerprint density at radius 3 is 2.78 bits per heavy atom. The third kappa shape index (κ3) is 3.42. The second-order valence-corrected chi connectivity index (χ2v) is 8.44. The third-order valence-corrected chi connectivity index (χ3v) is 5.36. The van der Waals surface area contributed by atoms with Crippen LogP contribution in [0.25, 0.3) is 22.2 Å². The minimum atomic E-state index is -1.10. The summed E-state index contributed by atoms with van der Waals surface area (Å²) in [5.74, 6) is 0.172. The molecule has 3 rings (SSSR count). The van der Waals surface area contributed by atoms with Crippen LogP contribution in [-0.4, -0.2) is 31.3 Å². The molecule has 2 N–H and O–H groups in total. The van der Waals surface area contributed by atoms with E-state index in [4.69, 9.17) is 0 Å². The summed E-state index contributed by atoms with van der Waals surface area (Å²) in [6.45, 7) is 0. The Balaban J connectivity index is 2.30. The summed E-state index contributed by atoms with van der Waals surface area (Å²) in [4.78, 5) is 7.68. The fourth-order valence-electron chi connectivity index (χ4n) is 2.60. The predicted octanol–water partition coefficient (Wildman–Crippen LogP) is 4.17. The van der Waals surface area contributed by atoms with Gasteiger partial charge >= 0.3 is 0 Å². The number of H-pyrrole nitrogens is 1. The van der Waals surface area contributed by atoms with Gasteiger partial charge in [-0.2, -0.15) is 0 Å². The molecular weight excluding hydrogens is 444 g/mol. The number of hydrogen-bond acceptors (Lipinski definition) is 3. The number of nitrogens with one attached hydrogen (secondary N) is 1. The average molecular weight is 458 g/mol. The first kappa shape index (κ1) is 16.8. The lowest BCUT2D eigenvalue weighted by molar-refractivity contribution is 0.199. The summed E-state index contributed by atoms with van der Waals surface area (Å²) in [5.41, 5.74) is 3.10. The van der Waals surface area contributed by atoms with E-state index in [1.807, 2.05) is 30.3 Å². The van der Waals surface area contributed by atoms with E-state index in [1.54, 1.807) is 12.5 Å². The van der Waals surface area contributed by atoms with Gasteiger partial charge in [-0.3, -0.25) is 9.19 Å². The maximum Gasteiger partial charge on any atom is 0.106 e. The van der Waals surface area contributed by atoms with E-state index in [0.717, 1.165) is 31.1 Å². The van der Waals surface area contributed by atoms with Gasteiger partial charge in [-0.05, 0) is 24.3 Å². The summed E-state index contributed by atoms with van der Waals surface area (Å²) in [6.07, 6.45) is 2.45. The number of aliphatic hydroxyl groups excluding tert-OH is 1. The highest BCUT2D eigenvalue weighted by molar-refractivity contribution is 9.11. The van der Waals surface area contributed by atoms with Gasteiger partial charge in [-0.1, -0.05) is 37.9 Å². The fraction of sp³-hybridized carbons (Fsp3) is 0.188. The smallest absolute Gasteiger partial charge is 0.106 e. The van der Waals surface area contributed by atoms with Crippen molar-refractivity contribution in [1.29, 1.82) is 0 Å². The van der Waals surface area contributed by atoms with E-state index >= 15 is 0 Å². The molecule has 0 aliphatic heterocycles. The molecule has 0 saturated carbocycles. The molecule has 2 aromatic heterocycles. The van der Waals surface area contributed by atoms with Crippen LogP contribution in [0.3, 0.4) is 0 Å². The lowest BCUT2D eigenvalue weighted by Crippen LogP contribution is -2.09. The van der Waals surface area contributed by atoms with Crippen LogP contribution in [0.2, 0.25) is 0 Å². The molecule has 0 saturated heterocycles. The Labute approximate surface area is 153 Å². The van der Waals surface area contributed by atoms with Gasteiger partial charge in [0.15, 0.2) is 0 Å². The molecule has 0 bridgehead atoms. The number of aliphatic hydroxyl groups is 1. The van der Waals surface area contributed by atoms with Crippen LogP contribution in [0.4, 0.5) is 0 Å². The Morgan fingerprint density at radius 2 is 2.13 bits per heavy atom. The van der Waals surface area contributed by atoms with E-state index in [1.165, 1.54) is 0 Å². The molecule has 7 heteroatoms. The Hall–Kier alpha value is -1.02. The molecule has 4 nitrogen and oxygen atoms in total. The van der Waals surface area contributed by atoms with Crippen LogP contribution in [-0.2, 0) is 10.8 Å². The highest BCUT2D eigenvalue weighted by Gasteiger charge is 2.22. The van der Waals surface area contributed by atoms with Gasteiger partial charge < -0.3 is 10.1 Å². The second kappa shape index (κ2) is 6.84. The molecule has 0 amide bonds. The molecule has 0 aliphatic rings. The number of benzene rings is 1. The van der Waals surface area contributed by atoms with Gasteiger partial charge in [0.1, 0.15) is 6.10 Å². The maximum atomic E-state index is 11.5. The first-order chi connectivity index (χ1) is 11.0. The van der Waals surface area contributed by atoms with E-state index in [9.17, 15) is 9.32 Å². The Kier molecular flexibility index (Phi) is 5.01. The zero-order valence-electron chi connectivity index (χ0n) is 12.2. The van der Waals surface area contributed by atoms with E-state index < -0.39 is 16.9 Å². The molecule has 120 valence electrons. The second-order valence-electron chi connectivity index (χ2n) is 5.19. The quantitative estimate of drug-likeness (QED) is 0.617. The maximum absolute atomic E-state index is 11.5. The van der Waals surface area contributed by atoms with Crippen LogP contribution in [0.15, 0.2) is 45.5 Å². The van der Waals surface area contributed by atoms with Gasteiger partial charge in [0, 0.05) is 48.7 Å². The number of halogens is 2. The Morgan fingerprint density at radius 1 is 1.35 bits per heavy atom. The number of aromatic amines is 1. The molecule has 1 aromatic carbocycles. The standard InChI is InChI=1S/C16H14Br2N2O2S/c1-23(22)8-13(21)16-15(11-4-2-3-5-19-11)14-10(18)6-9(17)7-12(14)20-16/h2-7,13,20-21H,8H2,1H3. The van der Waals surface area contributed by atoms with Gasteiger partial charge in [-0.15, -0.1) is 0 Å². The average Bonchev–Trinajstić information content (AvgIpc) is 2.87. The number of rotatable bonds is 4. The summed E-state index contributed by atoms with van der Waals surface area (Å²) in [5, 5.41) is 11.5. The summed E-state index contributed by atoms with van der Waals surface area (Å²) in [7, 11) is -1.10. The molecule has 2 atom stereocenters. The van der Waals surface area contributed by atoms with E-state index in [-0.39, 0.29) is 5.75 Å². The van der Waals surface area contributed by atoms with E-state index in [0.29, 0.717) is 5.69 Å². The van der Waals surface area contributed by atoms with Crippen LogP contribution in [0.1, 0.15) is 11.8 Å². The number of hydrogen-bond donors (Lipinski definition) is 2. The van der Waals surface area contributed by atoms with Gasteiger partial charge in [0.05, 0.1) is 17.1 Å². The fourth-order valence-corrected chi connectivity index (χ4v) is 4.64. The normalized spacial score (nSPS) is 14.1. The monoisotopic (exact) mass is 456 g/mol. The van der Waals surface area contributed by atoms with Crippen molar-refractivity contribution in [2.45, 2.75) is 6.10 Å². The van der Waals surface area contributed by atoms with Gasteiger partial charge in [-0.25, -0.2) is 0 Å². The van der Waals surface area contributed by atoms with Crippen molar-refractivity contribution in [3.8, 4) is 11.3 Å². The number of nitrogens with zero attached hydrogens (tertiary/aromatic N) is 1. The molecule has 0 spiro atoms. The molecule has 3 aromatic rings. The van der Waals surface area contributed by atoms with Crippen LogP contribution >= 0.6 is 31.9 Å². The summed E-state index contributed by atoms with van der Waals surface area (Å²) >= 11 is 7.06. The van der Waals surface area contributed by atoms with Crippen molar-refractivity contribution >= 4 is 53.6 Å². The van der Waals surface area contributed by atoms with Crippen molar-refractivity contribution < 1.29 is 9.32 Å². The first-order valence-corrected chi connectivity index (χ1v) is 10.2. The number of aromatic nitrogens is 2. The van der Waals surface area contributed by atoms with Crippen LogP contribution in [0.5, 0.6) is 0 Å². The highest BCUT2D eigenvalue weighted by Crippen LogP contribution is 2.40. The van der Waals surface area contributed by atoms with Crippen molar-refractivity contribution in [3.05, 3.63) is 51.2 Å². The van der Waals surface area contributed by atoms with Crippen molar-refractivity contribution in [3.63, 3.8) is 0 Å². The minimum Gasteiger partial charge on any atom is -0.386 e. The molecule has 2 heterocycles. The lowest BCUT2D eigenvalue weighted by Gasteiger charge is -2.10. The summed E-state index contributed by atoms with van der Waals surface area (Å²) in [6, 6.07) is 9.56. The molecule has 0 radical (unpaired) electrons. The zero-order valence-corrected chi connectivity index (χ0v) is 16.2.